The lowest BCUT2D eigenvalue weighted by Gasteiger charge is -2.17. The molecule has 1 atom stereocenters. The Kier molecular flexibility index (Phi) is 5.29. The van der Waals surface area contributed by atoms with E-state index in [0.29, 0.717) is 25.7 Å². The Morgan fingerprint density at radius 1 is 1.25 bits per heavy atom. The van der Waals surface area contributed by atoms with Crippen molar-refractivity contribution >= 4 is 5.71 Å². The van der Waals surface area contributed by atoms with Crippen molar-refractivity contribution in [1.82, 2.24) is 0 Å². The largest absolute Gasteiger partial charge is 0.490 e. The van der Waals surface area contributed by atoms with Crippen molar-refractivity contribution in [2.75, 3.05) is 26.4 Å². The van der Waals surface area contributed by atoms with Gasteiger partial charge in [-0.25, -0.2) is 0 Å². The molecule has 1 aromatic carbocycles. The topological polar surface area (TPSA) is 49.3 Å². The minimum Gasteiger partial charge on any atom is -0.490 e. The first-order chi connectivity index (χ1) is 11.6. The van der Waals surface area contributed by atoms with Gasteiger partial charge in [0, 0.05) is 18.4 Å². The highest BCUT2D eigenvalue weighted by Crippen LogP contribution is 2.36. The first-order valence-corrected chi connectivity index (χ1v) is 8.85. The molecule has 0 aromatic heterocycles. The quantitative estimate of drug-likeness (QED) is 0.762. The molecule has 0 amide bonds. The zero-order chi connectivity index (χ0) is 17.0. The Bertz CT molecular complexity index is 591. The van der Waals surface area contributed by atoms with E-state index in [1.54, 1.807) is 0 Å². The van der Waals surface area contributed by atoms with Gasteiger partial charge in [0.05, 0.1) is 32.1 Å². The van der Waals surface area contributed by atoms with Gasteiger partial charge in [0.1, 0.15) is 0 Å². The van der Waals surface area contributed by atoms with Crippen molar-refractivity contribution in [3.8, 4) is 11.5 Å². The summed E-state index contributed by atoms with van der Waals surface area (Å²) >= 11 is 0. The summed E-state index contributed by atoms with van der Waals surface area (Å²) in [7, 11) is 0. The summed E-state index contributed by atoms with van der Waals surface area (Å²) in [6.07, 6.45) is 2.65. The number of ether oxygens (including phenoxy) is 3. The van der Waals surface area contributed by atoms with E-state index in [1.165, 1.54) is 0 Å². The second kappa shape index (κ2) is 7.43. The molecule has 3 rings (SSSR count). The van der Waals surface area contributed by atoms with E-state index in [2.05, 4.69) is 25.9 Å². The van der Waals surface area contributed by atoms with Crippen LogP contribution in [0.5, 0.6) is 11.5 Å². The van der Waals surface area contributed by atoms with Crippen molar-refractivity contribution in [3.63, 3.8) is 0 Å². The van der Waals surface area contributed by atoms with Gasteiger partial charge in [-0.15, -0.1) is 0 Å². The third-order valence-electron chi connectivity index (χ3n) is 4.22. The van der Waals surface area contributed by atoms with Crippen LogP contribution in [0.25, 0.3) is 0 Å². The SMILES string of the molecule is CCCOc1ccc(C2=NOC3(CCOC3)C2)cc1OCC(C)C. The summed E-state index contributed by atoms with van der Waals surface area (Å²) in [5.41, 5.74) is 1.73. The molecule has 1 saturated heterocycles. The van der Waals surface area contributed by atoms with E-state index in [9.17, 15) is 0 Å². The molecule has 0 radical (unpaired) electrons. The average molecular weight is 333 g/mol. The molecular weight excluding hydrogens is 306 g/mol. The van der Waals surface area contributed by atoms with Gasteiger partial charge in [0.15, 0.2) is 17.1 Å². The molecule has 0 saturated carbocycles. The minimum atomic E-state index is -0.258. The fourth-order valence-electron chi connectivity index (χ4n) is 2.86. The zero-order valence-corrected chi connectivity index (χ0v) is 14.8. The van der Waals surface area contributed by atoms with Crippen molar-refractivity contribution in [2.45, 2.75) is 45.6 Å². The standard InChI is InChI=1S/C19H27NO4/c1-4-8-22-17-6-5-15(10-18(17)23-12-14(2)3)16-11-19(24-20-16)7-9-21-13-19/h5-6,10,14H,4,7-9,11-13H2,1-3H3. The molecule has 1 fully saturated rings. The number of nitrogens with zero attached hydrogens (tertiary/aromatic N) is 1. The molecule has 0 aliphatic carbocycles. The van der Waals surface area contributed by atoms with Gasteiger partial charge >= 0.3 is 0 Å². The highest BCUT2D eigenvalue weighted by Gasteiger charge is 2.43. The highest BCUT2D eigenvalue weighted by atomic mass is 16.7. The lowest BCUT2D eigenvalue weighted by Crippen LogP contribution is -2.29. The molecule has 1 unspecified atom stereocenters. The minimum absolute atomic E-state index is 0.258. The van der Waals surface area contributed by atoms with Crippen LogP contribution in [-0.4, -0.2) is 37.7 Å². The van der Waals surface area contributed by atoms with Gasteiger partial charge in [0.25, 0.3) is 0 Å². The molecule has 5 heteroatoms. The van der Waals surface area contributed by atoms with Gasteiger partial charge < -0.3 is 19.0 Å². The van der Waals surface area contributed by atoms with Crippen LogP contribution < -0.4 is 9.47 Å². The Hall–Kier alpha value is -1.75. The molecule has 132 valence electrons. The average Bonchev–Trinajstić information content (AvgIpc) is 3.21. The third kappa shape index (κ3) is 3.83. The Morgan fingerprint density at radius 2 is 2.12 bits per heavy atom. The summed E-state index contributed by atoms with van der Waals surface area (Å²) in [6, 6.07) is 6.02. The molecule has 5 nitrogen and oxygen atoms in total. The van der Waals surface area contributed by atoms with E-state index in [1.807, 2.05) is 18.2 Å². The molecular formula is C19H27NO4. The van der Waals surface area contributed by atoms with Crippen LogP contribution in [0, 0.1) is 5.92 Å². The highest BCUT2D eigenvalue weighted by molar-refractivity contribution is 6.02. The van der Waals surface area contributed by atoms with Crippen LogP contribution in [0.2, 0.25) is 0 Å². The van der Waals surface area contributed by atoms with Crippen LogP contribution in [0.15, 0.2) is 23.4 Å². The number of hydrogen-bond donors (Lipinski definition) is 0. The summed E-state index contributed by atoms with van der Waals surface area (Å²) in [4.78, 5) is 5.69. The van der Waals surface area contributed by atoms with Gasteiger partial charge in [-0.2, -0.15) is 0 Å². The molecule has 2 heterocycles. The van der Waals surface area contributed by atoms with Crippen LogP contribution in [0.4, 0.5) is 0 Å². The number of oxime groups is 1. The zero-order valence-electron chi connectivity index (χ0n) is 14.8. The van der Waals surface area contributed by atoms with E-state index in [4.69, 9.17) is 19.0 Å². The van der Waals surface area contributed by atoms with Gasteiger partial charge in [0.2, 0.25) is 0 Å². The molecule has 0 bridgehead atoms. The number of hydrogen-bond acceptors (Lipinski definition) is 5. The maximum atomic E-state index is 5.97. The number of benzene rings is 1. The second-order valence-electron chi connectivity index (χ2n) is 7.01. The van der Waals surface area contributed by atoms with Gasteiger partial charge in [-0.3, -0.25) is 0 Å². The first-order valence-electron chi connectivity index (χ1n) is 8.85. The van der Waals surface area contributed by atoms with Crippen LogP contribution in [-0.2, 0) is 9.57 Å². The maximum absolute atomic E-state index is 5.97. The smallest absolute Gasteiger partial charge is 0.168 e. The second-order valence-corrected chi connectivity index (χ2v) is 7.01. The first kappa shape index (κ1) is 17.1. The lowest BCUT2D eigenvalue weighted by molar-refractivity contribution is -0.0237. The fourth-order valence-corrected chi connectivity index (χ4v) is 2.86. The molecule has 2 aliphatic heterocycles. The molecule has 2 aliphatic rings. The van der Waals surface area contributed by atoms with E-state index >= 15 is 0 Å². The summed E-state index contributed by atoms with van der Waals surface area (Å²) in [5.74, 6) is 2.03. The molecule has 24 heavy (non-hydrogen) atoms. The van der Waals surface area contributed by atoms with Crippen LogP contribution >= 0.6 is 0 Å². The van der Waals surface area contributed by atoms with Gasteiger partial charge in [-0.05, 0) is 30.5 Å². The normalized spacial score (nSPS) is 22.8. The predicted molar refractivity (Wildman–Crippen MR) is 93.0 cm³/mol. The third-order valence-corrected chi connectivity index (χ3v) is 4.22. The molecule has 1 spiro atoms. The Balaban J connectivity index is 1.77. The van der Waals surface area contributed by atoms with E-state index < -0.39 is 0 Å². The maximum Gasteiger partial charge on any atom is 0.168 e. The fraction of sp³-hybridized carbons (Fsp3) is 0.632. The summed E-state index contributed by atoms with van der Waals surface area (Å²) < 4.78 is 17.3. The molecule has 1 aromatic rings. The van der Waals surface area contributed by atoms with Crippen molar-refractivity contribution in [3.05, 3.63) is 23.8 Å². The summed E-state index contributed by atoms with van der Waals surface area (Å²) in [6.45, 7) is 9.07. The van der Waals surface area contributed by atoms with Crippen molar-refractivity contribution in [1.29, 1.82) is 0 Å². The summed E-state index contributed by atoms with van der Waals surface area (Å²) in [5, 5.41) is 4.31. The van der Waals surface area contributed by atoms with Crippen molar-refractivity contribution < 1.29 is 19.0 Å². The van der Waals surface area contributed by atoms with E-state index in [0.717, 1.165) is 48.6 Å². The predicted octanol–water partition coefficient (Wildman–Crippen LogP) is 3.79. The Labute approximate surface area is 143 Å². The van der Waals surface area contributed by atoms with Crippen LogP contribution in [0.1, 0.15) is 45.6 Å². The Morgan fingerprint density at radius 3 is 2.83 bits per heavy atom. The van der Waals surface area contributed by atoms with Crippen molar-refractivity contribution in [2.24, 2.45) is 11.1 Å². The van der Waals surface area contributed by atoms with Gasteiger partial charge in [-0.1, -0.05) is 25.9 Å². The molecule has 0 N–H and O–H groups in total. The van der Waals surface area contributed by atoms with E-state index in [-0.39, 0.29) is 5.60 Å². The number of rotatable bonds is 7. The lowest BCUT2D eigenvalue weighted by atomic mass is 9.93. The van der Waals surface area contributed by atoms with Crippen LogP contribution in [0.3, 0.4) is 0 Å². The monoisotopic (exact) mass is 333 g/mol.